The monoisotopic (exact) mass is 376 g/mol. The molecule has 0 radical (unpaired) electrons. The van der Waals surface area contributed by atoms with E-state index < -0.39 is 0 Å². The molecule has 0 bridgehead atoms. The number of Topliss-reactive ketones (excluding diaryl/α,β-unsaturated/α-hetero) is 1. The molecule has 6 heteroatoms. The number of aromatic nitrogens is 1. The first-order valence-electron chi connectivity index (χ1n) is 9.27. The minimum absolute atomic E-state index is 0.0238. The van der Waals surface area contributed by atoms with E-state index in [2.05, 4.69) is 4.98 Å². The minimum Gasteiger partial charge on any atom is -0.508 e. The number of carbonyl (C=O) groups excluding carboxylic acids is 2. The highest BCUT2D eigenvalue weighted by Crippen LogP contribution is 2.23. The number of amides is 1. The van der Waals surface area contributed by atoms with E-state index in [1.165, 1.54) is 18.3 Å². The highest BCUT2D eigenvalue weighted by molar-refractivity contribution is 5.99. The van der Waals surface area contributed by atoms with Crippen LogP contribution < -0.4 is 5.43 Å². The fraction of sp³-hybridized carbons (Fsp3) is 0.227. The fourth-order valence-corrected chi connectivity index (χ4v) is 3.70. The van der Waals surface area contributed by atoms with Gasteiger partial charge in [-0.2, -0.15) is 0 Å². The van der Waals surface area contributed by atoms with E-state index in [0.717, 1.165) is 0 Å². The van der Waals surface area contributed by atoms with Gasteiger partial charge in [-0.3, -0.25) is 14.4 Å². The van der Waals surface area contributed by atoms with Crippen LogP contribution in [0.1, 0.15) is 33.6 Å². The van der Waals surface area contributed by atoms with Gasteiger partial charge in [-0.1, -0.05) is 12.1 Å². The number of rotatable bonds is 3. The maximum Gasteiger partial charge on any atom is 0.259 e. The Kier molecular flexibility index (Phi) is 4.69. The molecule has 0 unspecified atom stereocenters. The van der Waals surface area contributed by atoms with E-state index in [4.69, 9.17) is 0 Å². The van der Waals surface area contributed by atoms with E-state index in [-0.39, 0.29) is 34.4 Å². The van der Waals surface area contributed by atoms with Crippen LogP contribution in [0.5, 0.6) is 5.75 Å². The van der Waals surface area contributed by atoms with Crippen molar-refractivity contribution in [2.45, 2.75) is 12.8 Å². The maximum atomic E-state index is 12.8. The Balaban J connectivity index is 1.47. The molecule has 2 aromatic carbocycles. The second-order valence-corrected chi connectivity index (χ2v) is 7.05. The van der Waals surface area contributed by atoms with Crippen LogP contribution in [0.25, 0.3) is 10.9 Å². The number of para-hydroxylation sites is 1. The second-order valence-electron chi connectivity index (χ2n) is 7.05. The van der Waals surface area contributed by atoms with Gasteiger partial charge in [0.25, 0.3) is 5.91 Å². The number of nitrogens with one attached hydrogen (secondary N) is 1. The molecule has 6 nitrogen and oxygen atoms in total. The number of aromatic amines is 1. The number of hydrogen-bond donors (Lipinski definition) is 2. The van der Waals surface area contributed by atoms with Crippen LogP contribution in [0.4, 0.5) is 0 Å². The Morgan fingerprint density at radius 3 is 2.39 bits per heavy atom. The number of ketones is 1. The molecule has 0 atom stereocenters. The van der Waals surface area contributed by atoms with Crippen molar-refractivity contribution in [3.63, 3.8) is 0 Å². The third kappa shape index (κ3) is 3.29. The summed E-state index contributed by atoms with van der Waals surface area (Å²) in [5, 5.41) is 9.85. The van der Waals surface area contributed by atoms with Gasteiger partial charge in [0.05, 0.1) is 0 Å². The molecule has 1 saturated heterocycles. The average molecular weight is 376 g/mol. The van der Waals surface area contributed by atoms with Crippen molar-refractivity contribution in [2.24, 2.45) is 5.92 Å². The summed E-state index contributed by atoms with van der Waals surface area (Å²) >= 11 is 0. The zero-order valence-corrected chi connectivity index (χ0v) is 15.2. The molecule has 0 spiro atoms. The van der Waals surface area contributed by atoms with Crippen molar-refractivity contribution in [3.8, 4) is 5.75 Å². The highest BCUT2D eigenvalue weighted by atomic mass is 16.3. The first-order valence-corrected chi connectivity index (χ1v) is 9.27. The van der Waals surface area contributed by atoms with Gasteiger partial charge in [0.1, 0.15) is 11.3 Å². The van der Waals surface area contributed by atoms with Crippen LogP contribution in [0.3, 0.4) is 0 Å². The SMILES string of the molecule is O=C(c1ccc(O)cc1)C1CCN(C(=O)c2c[nH]c3ccccc3c2=O)CC1. The quantitative estimate of drug-likeness (QED) is 0.688. The molecule has 0 aliphatic carbocycles. The number of hydrogen-bond acceptors (Lipinski definition) is 4. The summed E-state index contributed by atoms with van der Waals surface area (Å²) in [5.41, 5.74) is 1.11. The number of carbonyl (C=O) groups is 2. The number of aromatic hydroxyl groups is 1. The lowest BCUT2D eigenvalue weighted by molar-refractivity contribution is 0.0649. The Morgan fingerprint density at radius 2 is 1.68 bits per heavy atom. The Hall–Kier alpha value is -3.41. The largest absolute Gasteiger partial charge is 0.508 e. The number of phenols is 1. The lowest BCUT2D eigenvalue weighted by Crippen LogP contribution is -2.41. The molecule has 28 heavy (non-hydrogen) atoms. The Morgan fingerprint density at radius 1 is 1.00 bits per heavy atom. The van der Waals surface area contributed by atoms with Gasteiger partial charge in [0.15, 0.2) is 5.78 Å². The van der Waals surface area contributed by atoms with Gasteiger partial charge in [0.2, 0.25) is 5.43 Å². The summed E-state index contributed by atoms with van der Waals surface area (Å²) in [6, 6.07) is 13.3. The van der Waals surface area contributed by atoms with Crippen LogP contribution in [0, 0.1) is 5.92 Å². The predicted molar refractivity (Wildman–Crippen MR) is 106 cm³/mol. The maximum absolute atomic E-state index is 12.8. The summed E-state index contributed by atoms with van der Waals surface area (Å²) in [4.78, 5) is 42.8. The fourth-order valence-electron chi connectivity index (χ4n) is 3.70. The van der Waals surface area contributed by atoms with Crippen LogP contribution in [-0.4, -0.2) is 39.8 Å². The lowest BCUT2D eigenvalue weighted by atomic mass is 9.88. The molecule has 0 saturated carbocycles. The molecular formula is C22H20N2O4. The zero-order chi connectivity index (χ0) is 19.7. The third-order valence-corrected chi connectivity index (χ3v) is 5.32. The molecule has 142 valence electrons. The topological polar surface area (TPSA) is 90.5 Å². The summed E-state index contributed by atoms with van der Waals surface area (Å²) in [7, 11) is 0. The van der Waals surface area contributed by atoms with E-state index in [1.54, 1.807) is 35.2 Å². The summed E-state index contributed by atoms with van der Waals surface area (Å²) < 4.78 is 0. The van der Waals surface area contributed by atoms with Gasteiger partial charge in [-0.25, -0.2) is 0 Å². The standard InChI is InChI=1S/C22H20N2O4/c25-16-7-5-14(6-8-16)20(26)15-9-11-24(12-10-15)22(28)18-13-23-19-4-2-1-3-17(19)21(18)27/h1-8,13,15,25H,9-12H2,(H,23,27). The number of likely N-dealkylation sites (tertiary alicyclic amines) is 1. The van der Waals surface area contributed by atoms with Crippen LogP contribution in [0.15, 0.2) is 59.5 Å². The number of pyridine rings is 1. The number of H-pyrrole nitrogens is 1. The zero-order valence-electron chi connectivity index (χ0n) is 15.2. The molecule has 1 aliphatic rings. The first-order chi connectivity index (χ1) is 13.5. The number of nitrogens with zero attached hydrogens (tertiary/aromatic N) is 1. The van der Waals surface area contributed by atoms with Gasteiger partial charge < -0.3 is 15.0 Å². The molecule has 4 rings (SSSR count). The van der Waals surface area contributed by atoms with Crippen LogP contribution in [0.2, 0.25) is 0 Å². The number of phenolic OH excluding ortho intramolecular Hbond substituents is 1. The third-order valence-electron chi connectivity index (χ3n) is 5.32. The van der Waals surface area contributed by atoms with Crippen molar-refractivity contribution in [3.05, 3.63) is 76.1 Å². The van der Waals surface area contributed by atoms with Crippen LogP contribution >= 0.6 is 0 Å². The summed E-state index contributed by atoms with van der Waals surface area (Å²) in [5.74, 6) is -0.320. The van der Waals surface area contributed by atoms with E-state index in [9.17, 15) is 19.5 Å². The van der Waals surface area contributed by atoms with Gasteiger partial charge in [-0.05, 0) is 49.2 Å². The van der Waals surface area contributed by atoms with Crippen molar-refractivity contribution in [1.29, 1.82) is 0 Å². The normalized spacial score (nSPS) is 14.9. The smallest absolute Gasteiger partial charge is 0.259 e. The average Bonchev–Trinajstić information content (AvgIpc) is 2.74. The van der Waals surface area contributed by atoms with Gasteiger partial charge in [0, 0.05) is 41.7 Å². The van der Waals surface area contributed by atoms with Crippen molar-refractivity contribution in [1.82, 2.24) is 9.88 Å². The van der Waals surface area contributed by atoms with Crippen molar-refractivity contribution in [2.75, 3.05) is 13.1 Å². The van der Waals surface area contributed by atoms with Crippen molar-refractivity contribution < 1.29 is 14.7 Å². The number of fused-ring (bicyclic) bond motifs is 1. The summed E-state index contributed by atoms with van der Waals surface area (Å²) in [6.45, 7) is 0.860. The molecular weight excluding hydrogens is 356 g/mol. The van der Waals surface area contributed by atoms with E-state index in [1.807, 2.05) is 6.07 Å². The van der Waals surface area contributed by atoms with E-state index >= 15 is 0 Å². The highest BCUT2D eigenvalue weighted by Gasteiger charge is 2.29. The lowest BCUT2D eigenvalue weighted by Gasteiger charge is -2.31. The molecule has 1 amide bonds. The van der Waals surface area contributed by atoms with E-state index in [0.29, 0.717) is 42.4 Å². The Labute approximate surface area is 161 Å². The van der Waals surface area contributed by atoms with Crippen molar-refractivity contribution >= 4 is 22.6 Å². The molecule has 1 aromatic heterocycles. The molecule has 3 aromatic rings. The molecule has 1 fully saturated rings. The predicted octanol–water partition coefficient (Wildman–Crippen LogP) is 2.97. The summed E-state index contributed by atoms with van der Waals surface area (Å²) in [6.07, 6.45) is 2.58. The second kappa shape index (κ2) is 7.31. The van der Waals surface area contributed by atoms with Gasteiger partial charge >= 0.3 is 0 Å². The number of benzene rings is 2. The van der Waals surface area contributed by atoms with Gasteiger partial charge in [-0.15, -0.1) is 0 Å². The Bertz CT molecular complexity index is 1090. The minimum atomic E-state index is -0.303. The molecule has 2 heterocycles. The van der Waals surface area contributed by atoms with Crippen LogP contribution in [-0.2, 0) is 0 Å². The number of piperidine rings is 1. The molecule has 2 N–H and O–H groups in total. The first kappa shape index (κ1) is 18.0. The molecule has 1 aliphatic heterocycles.